The normalized spacial score (nSPS) is 11.2. The molecule has 106 valence electrons. The number of hydrogen-bond donors (Lipinski definition) is 3. The Morgan fingerprint density at radius 3 is 2.40 bits per heavy atom. The average Bonchev–Trinajstić information content (AvgIpc) is 2.37. The summed E-state index contributed by atoms with van der Waals surface area (Å²) in [6, 6.07) is 9.19. The summed E-state index contributed by atoms with van der Waals surface area (Å²) in [7, 11) is 0. The van der Waals surface area contributed by atoms with Gasteiger partial charge in [-0.25, -0.2) is 15.8 Å². The topological polar surface area (TPSA) is 75.9 Å². The Kier molecular flexibility index (Phi) is 4.11. The van der Waals surface area contributed by atoms with Gasteiger partial charge < -0.3 is 10.7 Å². The Labute approximate surface area is 123 Å². The second-order valence-corrected chi connectivity index (χ2v) is 5.93. The number of hydrazine groups is 1. The van der Waals surface area contributed by atoms with E-state index >= 15 is 0 Å². The SMILES string of the molecule is CC(C)(C)c1nc(NN)cc(Nc2cccc(Cl)c2)n1. The van der Waals surface area contributed by atoms with Crippen LogP contribution in [0.15, 0.2) is 30.3 Å². The van der Waals surface area contributed by atoms with E-state index < -0.39 is 0 Å². The smallest absolute Gasteiger partial charge is 0.145 e. The van der Waals surface area contributed by atoms with Crippen LogP contribution in [0.25, 0.3) is 0 Å². The fourth-order valence-corrected chi connectivity index (χ4v) is 1.83. The average molecular weight is 292 g/mol. The van der Waals surface area contributed by atoms with Crippen LogP contribution >= 0.6 is 11.6 Å². The Bertz CT molecular complexity index is 607. The summed E-state index contributed by atoms with van der Waals surface area (Å²) in [5.74, 6) is 7.40. The molecule has 0 aliphatic heterocycles. The molecule has 0 fully saturated rings. The molecule has 0 unspecified atom stereocenters. The highest BCUT2D eigenvalue weighted by Crippen LogP contribution is 2.24. The van der Waals surface area contributed by atoms with Crippen molar-refractivity contribution in [1.82, 2.24) is 9.97 Å². The molecule has 6 heteroatoms. The highest BCUT2D eigenvalue weighted by molar-refractivity contribution is 6.30. The molecule has 20 heavy (non-hydrogen) atoms. The van der Waals surface area contributed by atoms with E-state index in [1.807, 2.05) is 45.0 Å². The van der Waals surface area contributed by atoms with E-state index in [2.05, 4.69) is 20.7 Å². The number of anilines is 3. The lowest BCUT2D eigenvalue weighted by Crippen LogP contribution is -2.19. The van der Waals surface area contributed by atoms with Crippen LogP contribution in [0, 0.1) is 0 Å². The van der Waals surface area contributed by atoms with Crippen LogP contribution in [0.1, 0.15) is 26.6 Å². The lowest BCUT2D eigenvalue weighted by molar-refractivity contribution is 0.547. The summed E-state index contributed by atoms with van der Waals surface area (Å²) in [6.45, 7) is 6.14. The summed E-state index contributed by atoms with van der Waals surface area (Å²) in [6.07, 6.45) is 0. The number of rotatable bonds is 3. The van der Waals surface area contributed by atoms with E-state index in [4.69, 9.17) is 17.4 Å². The van der Waals surface area contributed by atoms with Gasteiger partial charge >= 0.3 is 0 Å². The zero-order chi connectivity index (χ0) is 14.8. The number of halogens is 1. The molecule has 0 bridgehead atoms. The first-order valence-corrected chi connectivity index (χ1v) is 6.65. The minimum Gasteiger partial charge on any atom is -0.340 e. The minimum atomic E-state index is -0.169. The second kappa shape index (κ2) is 5.64. The van der Waals surface area contributed by atoms with Gasteiger partial charge in [-0.15, -0.1) is 0 Å². The number of aromatic nitrogens is 2. The quantitative estimate of drug-likeness (QED) is 0.596. The molecule has 0 radical (unpaired) electrons. The van der Waals surface area contributed by atoms with Crippen molar-refractivity contribution in [3.63, 3.8) is 0 Å². The molecule has 0 atom stereocenters. The standard InChI is InChI=1S/C14H18ClN5/c1-14(2,3)13-18-11(8-12(19-13)20-16)17-10-6-4-5-9(15)7-10/h4-8H,16H2,1-3H3,(H2,17,18,19,20). The van der Waals surface area contributed by atoms with Crippen molar-refractivity contribution in [3.8, 4) is 0 Å². The largest absolute Gasteiger partial charge is 0.340 e. The molecule has 0 saturated heterocycles. The van der Waals surface area contributed by atoms with Gasteiger partial charge in [-0.05, 0) is 18.2 Å². The number of nitrogens with zero attached hydrogens (tertiary/aromatic N) is 2. The maximum atomic E-state index is 5.97. The molecule has 0 amide bonds. The maximum Gasteiger partial charge on any atom is 0.145 e. The second-order valence-electron chi connectivity index (χ2n) is 5.49. The van der Waals surface area contributed by atoms with E-state index in [1.165, 1.54) is 0 Å². The van der Waals surface area contributed by atoms with Gasteiger partial charge in [0.25, 0.3) is 0 Å². The first-order valence-electron chi connectivity index (χ1n) is 6.27. The maximum absolute atomic E-state index is 5.97. The first-order chi connectivity index (χ1) is 9.38. The van der Waals surface area contributed by atoms with Crippen LogP contribution in [-0.4, -0.2) is 9.97 Å². The van der Waals surface area contributed by atoms with Crippen LogP contribution < -0.4 is 16.6 Å². The third-order valence-corrected chi connectivity index (χ3v) is 2.88. The summed E-state index contributed by atoms with van der Waals surface area (Å²) >= 11 is 5.97. The third kappa shape index (κ3) is 3.59. The fourth-order valence-electron chi connectivity index (χ4n) is 1.63. The van der Waals surface area contributed by atoms with Gasteiger partial charge in [0, 0.05) is 22.2 Å². The highest BCUT2D eigenvalue weighted by Gasteiger charge is 2.19. The van der Waals surface area contributed by atoms with Crippen LogP contribution in [0.5, 0.6) is 0 Å². The zero-order valence-corrected chi connectivity index (χ0v) is 12.5. The Hall–Kier alpha value is -1.85. The zero-order valence-electron chi connectivity index (χ0n) is 11.7. The Morgan fingerprint density at radius 2 is 1.80 bits per heavy atom. The number of nitrogen functional groups attached to an aromatic ring is 1. The van der Waals surface area contributed by atoms with Gasteiger partial charge in [0.1, 0.15) is 17.5 Å². The molecule has 1 heterocycles. The number of benzene rings is 1. The molecule has 1 aromatic carbocycles. The van der Waals surface area contributed by atoms with Crippen molar-refractivity contribution >= 4 is 28.9 Å². The molecule has 0 spiro atoms. The van der Waals surface area contributed by atoms with Crippen LogP contribution in [0.2, 0.25) is 5.02 Å². The fraction of sp³-hybridized carbons (Fsp3) is 0.286. The molecule has 0 aliphatic rings. The number of nitrogens with two attached hydrogens (primary N) is 1. The summed E-state index contributed by atoms with van der Waals surface area (Å²) in [5.41, 5.74) is 3.25. The number of hydrogen-bond acceptors (Lipinski definition) is 5. The van der Waals surface area contributed by atoms with Gasteiger partial charge in [-0.3, -0.25) is 0 Å². The lowest BCUT2D eigenvalue weighted by atomic mass is 9.96. The predicted molar refractivity (Wildman–Crippen MR) is 83.3 cm³/mol. The monoisotopic (exact) mass is 291 g/mol. The van der Waals surface area contributed by atoms with Gasteiger partial charge in [0.2, 0.25) is 0 Å². The molecule has 2 aromatic rings. The summed E-state index contributed by atoms with van der Waals surface area (Å²) in [5, 5.41) is 3.86. The molecule has 2 rings (SSSR count). The molecular formula is C14H18ClN5. The van der Waals surface area contributed by atoms with Crippen LogP contribution in [0.4, 0.5) is 17.3 Å². The van der Waals surface area contributed by atoms with E-state index in [9.17, 15) is 0 Å². The lowest BCUT2D eigenvalue weighted by Gasteiger charge is -2.18. The van der Waals surface area contributed by atoms with Crippen molar-refractivity contribution in [2.75, 3.05) is 10.7 Å². The van der Waals surface area contributed by atoms with Crippen molar-refractivity contribution in [2.45, 2.75) is 26.2 Å². The molecule has 5 nitrogen and oxygen atoms in total. The highest BCUT2D eigenvalue weighted by atomic mass is 35.5. The van der Waals surface area contributed by atoms with E-state index in [0.29, 0.717) is 22.5 Å². The van der Waals surface area contributed by atoms with Gasteiger partial charge in [-0.1, -0.05) is 38.4 Å². The third-order valence-electron chi connectivity index (χ3n) is 2.64. The molecule has 0 saturated carbocycles. The minimum absolute atomic E-state index is 0.169. The van der Waals surface area contributed by atoms with Gasteiger partial charge in [0.05, 0.1) is 0 Å². The van der Waals surface area contributed by atoms with Crippen LogP contribution in [-0.2, 0) is 5.41 Å². The predicted octanol–water partition coefficient (Wildman–Crippen LogP) is 3.46. The summed E-state index contributed by atoms with van der Waals surface area (Å²) in [4.78, 5) is 8.89. The molecule has 0 aliphatic carbocycles. The van der Waals surface area contributed by atoms with Gasteiger partial charge in [0.15, 0.2) is 0 Å². The molecule has 1 aromatic heterocycles. The Balaban J connectivity index is 2.36. The number of nitrogens with one attached hydrogen (secondary N) is 2. The van der Waals surface area contributed by atoms with Crippen molar-refractivity contribution < 1.29 is 0 Å². The van der Waals surface area contributed by atoms with E-state index in [-0.39, 0.29) is 5.41 Å². The van der Waals surface area contributed by atoms with Crippen molar-refractivity contribution in [3.05, 3.63) is 41.2 Å². The van der Waals surface area contributed by atoms with E-state index in [1.54, 1.807) is 6.07 Å². The summed E-state index contributed by atoms with van der Waals surface area (Å²) < 4.78 is 0. The van der Waals surface area contributed by atoms with Crippen molar-refractivity contribution in [2.24, 2.45) is 5.84 Å². The van der Waals surface area contributed by atoms with Gasteiger partial charge in [-0.2, -0.15) is 0 Å². The molecule has 4 N–H and O–H groups in total. The van der Waals surface area contributed by atoms with Crippen molar-refractivity contribution in [1.29, 1.82) is 0 Å². The van der Waals surface area contributed by atoms with Crippen LogP contribution in [0.3, 0.4) is 0 Å². The molecular weight excluding hydrogens is 274 g/mol. The first kappa shape index (κ1) is 14.6. The Morgan fingerprint density at radius 1 is 1.10 bits per heavy atom. The van der Waals surface area contributed by atoms with E-state index in [0.717, 1.165) is 5.69 Å².